The molecule has 9 heteroatoms. The van der Waals surface area contributed by atoms with E-state index in [1.165, 1.54) is 6.42 Å². The van der Waals surface area contributed by atoms with Crippen molar-refractivity contribution in [3.63, 3.8) is 0 Å². The van der Waals surface area contributed by atoms with Crippen LogP contribution in [-0.2, 0) is 4.74 Å². The molecule has 1 aliphatic heterocycles. The summed E-state index contributed by atoms with van der Waals surface area (Å²) in [5.41, 5.74) is 1.25. The van der Waals surface area contributed by atoms with E-state index in [0.717, 1.165) is 12.8 Å². The Balaban J connectivity index is 1.52. The molecule has 160 valence electrons. The summed E-state index contributed by atoms with van der Waals surface area (Å²) in [4.78, 5) is 23.3. The largest absolute Gasteiger partial charge is 0.495 e. The summed E-state index contributed by atoms with van der Waals surface area (Å²) >= 11 is 6.28. The molecule has 1 aromatic carbocycles. The lowest BCUT2D eigenvalue weighted by Crippen LogP contribution is -2.42. The maximum absolute atomic E-state index is 12.7. The lowest BCUT2D eigenvalue weighted by atomic mass is 9.78. The number of hydrogen-bond donors (Lipinski definition) is 2. The van der Waals surface area contributed by atoms with Gasteiger partial charge in [0.1, 0.15) is 10.8 Å². The molecule has 30 heavy (non-hydrogen) atoms. The fourth-order valence-electron chi connectivity index (χ4n) is 3.63. The van der Waals surface area contributed by atoms with Gasteiger partial charge >= 0.3 is 0 Å². The Morgan fingerprint density at radius 2 is 2.07 bits per heavy atom. The van der Waals surface area contributed by atoms with Gasteiger partial charge in [-0.3, -0.25) is 4.79 Å². The minimum Gasteiger partial charge on any atom is -0.495 e. The molecule has 0 radical (unpaired) electrons. The third-order valence-corrected chi connectivity index (χ3v) is 5.89. The molecule has 2 aliphatic rings. The van der Waals surface area contributed by atoms with E-state index in [-0.39, 0.29) is 11.4 Å². The van der Waals surface area contributed by atoms with Gasteiger partial charge in [0.2, 0.25) is 5.95 Å². The Kier molecular flexibility index (Phi) is 5.97. The maximum atomic E-state index is 12.7. The van der Waals surface area contributed by atoms with Crippen LogP contribution in [0.4, 0.5) is 17.5 Å². The summed E-state index contributed by atoms with van der Waals surface area (Å²) in [6.45, 7) is 4.47. The number of rotatable bonds is 6. The van der Waals surface area contributed by atoms with Crippen molar-refractivity contribution in [2.45, 2.75) is 31.7 Å². The number of benzene rings is 1. The SMILES string of the molecule is COc1cc(C(=O)N2CCOCC2)ccc1Nc1ncc(Cl)c(NC2(C)CCC2)n1. The molecule has 1 aliphatic carbocycles. The monoisotopic (exact) mass is 431 g/mol. The fourth-order valence-corrected chi connectivity index (χ4v) is 3.77. The fraction of sp³-hybridized carbons (Fsp3) is 0.476. The number of aromatic nitrogens is 2. The Labute approximate surface area is 180 Å². The molecule has 0 spiro atoms. The van der Waals surface area contributed by atoms with Gasteiger partial charge in [-0.2, -0.15) is 4.98 Å². The van der Waals surface area contributed by atoms with Crippen LogP contribution in [-0.4, -0.2) is 59.7 Å². The van der Waals surface area contributed by atoms with Crippen LogP contribution in [0.25, 0.3) is 0 Å². The number of anilines is 3. The summed E-state index contributed by atoms with van der Waals surface area (Å²) < 4.78 is 10.8. The second-order valence-electron chi connectivity index (χ2n) is 7.87. The van der Waals surface area contributed by atoms with E-state index in [9.17, 15) is 4.79 Å². The van der Waals surface area contributed by atoms with Gasteiger partial charge in [0.25, 0.3) is 5.91 Å². The summed E-state index contributed by atoms with van der Waals surface area (Å²) in [7, 11) is 1.57. The molecule has 0 bridgehead atoms. The summed E-state index contributed by atoms with van der Waals surface area (Å²) in [6.07, 6.45) is 4.94. The highest BCUT2D eigenvalue weighted by atomic mass is 35.5. The zero-order chi connectivity index (χ0) is 21.1. The van der Waals surface area contributed by atoms with Crippen molar-refractivity contribution < 1.29 is 14.3 Å². The molecule has 1 saturated carbocycles. The lowest BCUT2D eigenvalue weighted by Gasteiger charge is -2.39. The number of nitrogens with zero attached hydrogens (tertiary/aromatic N) is 3. The molecule has 2 aromatic rings. The van der Waals surface area contributed by atoms with Crippen molar-refractivity contribution in [1.82, 2.24) is 14.9 Å². The quantitative estimate of drug-likeness (QED) is 0.720. The zero-order valence-electron chi connectivity index (χ0n) is 17.2. The number of carbonyl (C=O) groups excluding carboxylic acids is 1. The first-order chi connectivity index (χ1) is 14.5. The van der Waals surface area contributed by atoms with Gasteiger partial charge in [0, 0.05) is 24.2 Å². The first-order valence-corrected chi connectivity index (χ1v) is 10.5. The van der Waals surface area contributed by atoms with Crippen molar-refractivity contribution >= 4 is 35.0 Å². The number of hydrogen-bond acceptors (Lipinski definition) is 7. The summed E-state index contributed by atoms with van der Waals surface area (Å²) in [6, 6.07) is 5.29. The van der Waals surface area contributed by atoms with Gasteiger partial charge in [0.05, 0.1) is 32.2 Å². The molecule has 0 unspecified atom stereocenters. The Hall–Kier alpha value is -2.58. The standard InChI is InChI=1S/C21H26ClN5O3/c1-21(6-3-7-21)26-18-15(22)13-23-20(25-18)24-16-5-4-14(12-17(16)29-2)19(28)27-8-10-30-11-9-27/h4-5,12-13H,3,6-11H2,1-2H3,(H2,23,24,25,26). The number of ether oxygens (including phenoxy) is 2. The number of methoxy groups -OCH3 is 1. The topological polar surface area (TPSA) is 88.6 Å². The average Bonchev–Trinajstić information content (AvgIpc) is 2.75. The Bertz CT molecular complexity index is 929. The van der Waals surface area contributed by atoms with E-state index in [0.29, 0.717) is 60.1 Å². The van der Waals surface area contributed by atoms with E-state index >= 15 is 0 Å². The second-order valence-corrected chi connectivity index (χ2v) is 8.28. The van der Waals surface area contributed by atoms with Crippen LogP contribution in [0.15, 0.2) is 24.4 Å². The Morgan fingerprint density at radius 3 is 2.73 bits per heavy atom. The number of morpholine rings is 1. The molecule has 4 rings (SSSR count). The highest BCUT2D eigenvalue weighted by Crippen LogP contribution is 2.36. The Morgan fingerprint density at radius 1 is 1.30 bits per heavy atom. The van der Waals surface area contributed by atoms with Crippen LogP contribution < -0.4 is 15.4 Å². The predicted molar refractivity (Wildman–Crippen MR) is 116 cm³/mol. The number of halogens is 1. The van der Waals surface area contributed by atoms with Crippen molar-refractivity contribution in [2.24, 2.45) is 0 Å². The van der Waals surface area contributed by atoms with Crippen molar-refractivity contribution in [2.75, 3.05) is 44.0 Å². The molecule has 1 aromatic heterocycles. The minimum atomic E-state index is -0.0360. The highest BCUT2D eigenvalue weighted by Gasteiger charge is 2.32. The number of amides is 1. The van der Waals surface area contributed by atoms with Crippen LogP contribution in [0.1, 0.15) is 36.5 Å². The average molecular weight is 432 g/mol. The third-order valence-electron chi connectivity index (χ3n) is 5.61. The predicted octanol–water partition coefficient (Wildman–Crippen LogP) is 3.71. The third kappa shape index (κ3) is 4.44. The van der Waals surface area contributed by atoms with Gasteiger partial charge in [-0.05, 0) is 44.4 Å². The molecule has 2 heterocycles. The van der Waals surface area contributed by atoms with Crippen molar-refractivity contribution in [1.29, 1.82) is 0 Å². The zero-order valence-corrected chi connectivity index (χ0v) is 18.0. The maximum Gasteiger partial charge on any atom is 0.254 e. The summed E-state index contributed by atoms with van der Waals surface area (Å²) in [5.74, 6) is 1.50. The molecular weight excluding hydrogens is 406 g/mol. The summed E-state index contributed by atoms with van der Waals surface area (Å²) in [5, 5.41) is 7.07. The molecule has 1 saturated heterocycles. The molecule has 2 N–H and O–H groups in total. The van der Waals surface area contributed by atoms with Crippen LogP contribution in [0.2, 0.25) is 5.02 Å². The van der Waals surface area contributed by atoms with Crippen molar-refractivity contribution in [3.05, 3.63) is 35.0 Å². The van der Waals surface area contributed by atoms with Crippen LogP contribution in [0.3, 0.4) is 0 Å². The van der Waals surface area contributed by atoms with Gasteiger partial charge in [0.15, 0.2) is 5.82 Å². The molecule has 8 nitrogen and oxygen atoms in total. The van der Waals surface area contributed by atoms with Crippen LogP contribution >= 0.6 is 11.6 Å². The number of carbonyl (C=O) groups is 1. The molecule has 2 fully saturated rings. The first-order valence-electron chi connectivity index (χ1n) is 10.1. The van der Waals surface area contributed by atoms with E-state index in [4.69, 9.17) is 21.1 Å². The second kappa shape index (κ2) is 8.65. The molecule has 0 atom stereocenters. The van der Waals surface area contributed by atoms with Gasteiger partial charge < -0.3 is 25.0 Å². The van der Waals surface area contributed by atoms with E-state index in [1.807, 2.05) is 0 Å². The smallest absolute Gasteiger partial charge is 0.254 e. The van der Waals surface area contributed by atoms with Crippen LogP contribution in [0.5, 0.6) is 5.75 Å². The van der Waals surface area contributed by atoms with Gasteiger partial charge in [-0.15, -0.1) is 0 Å². The van der Waals surface area contributed by atoms with E-state index in [1.54, 1.807) is 36.4 Å². The lowest BCUT2D eigenvalue weighted by molar-refractivity contribution is 0.0302. The van der Waals surface area contributed by atoms with Crippen LogP contribution in [0, 0.1) is 0 Å². The molecular formula is C21H26ClN5O3. The van der Waals surface area contributed by atoms with E-state index in [2.05, 4.69) is 27.5 Å². The van der Waals surface area contributed by atoms with Gasteiger partial charge in [-0.25, -0.2) is 4.98 Å². The van der Waals surface area contributed by atoms with Crippen molar-refractivity contribution in [3.8, 4) is 5.75 Å². The highest BCUT2D eigenvalue weighted by molar-refractivity contribution is 6.32. The molecule has 1 amide bonds. The minimum absolute atomic E-state index is 0.0223. The van der Waals surface area contributed by atoms with E-state index < -0.39 is 0 Å². The number of nitrogens with one attached hydrogen (secondary N) is 2. The normalized spacial score (nSPS) is 17.8. The first kappa shape index (κ1) is 20.7. The van der Waals surface area contributed by atoms with Gasteiger partial charge in [-0.1, -0.05) is 11.6 Å².